The van der Waals surface area contributed by atoms with Gasteiger partial charge in [0.1, 0.15) is 0 Å². The monoisotopic (exact) mass is 431 g/mol. The molecule has 0 amide bonds. The Balaban J connectivity index is 0.000000407. The summed E-state index contributed by atoms with van der Waals surface area (Å²) in [5.74, 6) is 0.437. The molecule has 1 N–H and O–H groups in total. The van der Waals surface area contributed by atoms with Gasteiger partial charge in [0.15, 0.2) is 0 Å². The highest BCUT2D eigenvalue weighted by Crippen LogP contribution is 2.35. The van der Waals surface area contributed by atoms with Crippen LogP contribution in [0.25, 0.3) is 28.2 Å². The van der Waals surface area contributed by atoms with Gasteiger partial charge in [0.25, 0.3) is 5.88 Å². The fourth-order valence-electron chi connectivity index (χ4n) is 3.51. The highest BCUT2D eigenvalue weighted by Gasteiger charge is 2.18. The highest BCUT2D eigenvalue weighted by atomic mass is 35.5. The number of hydrogen-bond donors (Lipinski definition) is 1. The lowest BCUT2D eigenvalue weighted by molar-refractivity contribution is 0.401. The van der Waals surface area contributed by atoms with E-state index in [9.17, 15) is 0 Å². The van der Waals surface area contributed by atoms with E-state index in [1.165, 1.54) is 25.9 Å². The fraction of sp³-hybridized carbons (Fsp3) is 0.208. The zero-order valence-corrected chi connectivity index (χ0v) is 17.9. The summed E-state index contributed by atoms with van der Waals surface area (Å²) >= 11 is 6.05. The van der Waals surface area contributed by atoms with Gasteiger partial charge in [0, 0.05) is 28.5 Å². The first-order valence-corrected chi connectivity index (χ1v) is 10.5. The molecule has 0 unspecified atom stereocenters. The summed E-state index contributed by atoms with van der Waals surface area (Å²) in [5, 5.41) is 12.9. The van der Waals surface area contributed by atoms with Crippen molar-refractivity contribution >= 4 is 17.2 Å². The van der Waals surface area contributed by atoms with Gasteiger partial charge in [0.2, 0.25) is 5.65 Å². The summed E-state index contributed by atoms with van der Waals surface area (Å²) in [7, 11) is 1.57. The van der Waals surface area contributed by atoms with Gasteiger partial charge in [-0.15, -0.1) is 0 Å². The molecule has 3 heterocycles. The number of hydrogen-bond acceptors (Lipinski definition) is 5. The fourth-order valence-corrected chi connectivity index (χ4v) is 3.64. The average Bonchev–Trinajstić information content (AvgIpc) is 3.54. The van der Waals surface area contributed by atoms with Gasteiger partial charge in [-0.05, 0) is 50.2 Å². The van der Waals surface area contributed by atoms with Gasteiger partial charge in [-0.1, -0.05) is 35.9 Å². The van der Waals surface area contributed by atoms with E-state index >= 15 is 0 Å². The average molecular weight is 432 g/mol. The molecule has 1 saturated heterocycles. The Hall–Kier alpha value is -3.40. The Morgan fingerprint density at radius 3 is 2.29 bits per heavy atom. The van der Waals surface area contributed by atoms with Crippen LogP contribution < -0.4 is 10.1 Å². The molecular formula is C24H22ClN5O. The number of nitrogens with zero attached hydrogens (tertiary/aromatic N) is 4. The summed E-state index contributed by atoms with van der Waals surface area (Å²) < 4.78 is 7.38. The van der Waals surface area contributed by atoms with Gasteiger partial charge < -0.3 is 10.1 Å². The summed E-state index contributed by atoms with van der Waals surface area (Å²) in [5.41, 5.74) is 4.67. The van der Waals surface area contributed by atoms with E-state index in [0.717, 1.165) is 22.5 Å². The Morgan fingerprint density at radius 1 is 1.03 bits per heavy atom. The maximum absolute atomic E-state index is 9.04. The van der Waals surface area contributed by atoms with Crippen molar-refractivity contribution in [1.82, 2.24) is 19.7 Å². The number of ether oxygens (including phenoxy) is 1. The van der Waals surface area contributed by atoms with Crippen LogP contribution in [0.4, 0.5) is 0 Å². The zero-order chi connectivity index (χ0) is 21.6. The molecule has 0 bridgehead atoms. The predicted octanol–water partition coefficient (Wildman–Crippen LogP) is 4.97. The molecule has 156 valence electrons. The predicted molar refractivity (Wildman–Crippen MR) is 122 cm³/mol. The smallest absolute Gasteiger partial charge is 0.258 e. The van der Waals surface area contributed by atoms with E-state index in [0.29, 0.717) is 22.1 Å². The molecule has 5 rings (SSSR count). The van der Waals surface area contributed by atoms with E-state index in [2.05, 4.69) is 16.4 Å². The maximum Gasteiger partial charge on any atom is 0.258 e. The molecule has 1 aliphatic rings. The van der Waals surface area contributed by atoms with Crippen LogP contribution in [-0.2, 0) is 0 Å². The van der Waals surface area contributed by atoms with Crippen LogP contribution in [0.1, 0.15) is 18.4 Å². The summed E-state index contributed by atoms with van der Waals surface area (Å²) in [6, 6.07) is 17.0. The zero-order valence-electron chi connectivity index (χ0n) is 17.2. The molecule has 7 heteroatoms. The lowest BCUT2D eigenvalue weighted by atomic mass is 10.0. The van der Waals surface area contributed by atoms with Crippen molar-refractivity contribution in [3.63, 3.8) is 0 Å². The van der Waals surface area contributed by atoms with E-state index in [1.54, 1.807) is 25.4 Å². The standard InChI is InChI=1S/C20H13ClN4O.C4H9N/c1-26-20-19-23-10-11-25(19)18(15-6-8-16(21)9-7-15)17(24-20)14-4-2-13(12-22)3-5-14;1-2-4-5-3-1/h2-11H,1H3;5H,1-4H2. The molecule has 0 spiro atoms. The van der Waals surface area contributed by atoms with E-state index in [1.807, 2.05) is 47.0 Å². The van der Waals surface area contributed by atoms with Gasteiger partial charge in [0.05, 0.1) is 30.1 Å². The first-order valence-electron chi connectivity index (χ1n) is 10.1. The third-order valence-electron chi connectivity index (χ3n) is 5.07. The van der Waals surface area contributed by atoms with Crippen molar-refractivity contribution in [2.75, 3.05) is 20.2 Å². The number of nitriles is 1. The van der Waals surface area contributed by atoms with Gasteiger partial charge >= 0.3 is 0 Å². The molecule has 0 radical (unpaired) electrons. The van der Waals surface area contributed by atoms with E-state index in [4.69, 9.17) is 26.6 Å². The Kier molecular flexibility index (Phi) is 6.46. The summed E-state index contributed by atoms with van der Waals surface area (Å²) in [6.45, 7) is 2.50. The van der Waals surface area contributed by atoms with Crippen LogP contribution in [0.2, 0.25) is 5.02 Å². The van der Waals surface area contributed by atoms with Crippen LogP contribution in [0.3, 0.4) is 0 Å². The van der Waals surface area contributed by atoms with Gasteiger partial charge in [-0.3, -0.25) is 4.40 Å². The van der Waals surface area contributed by atoms with Crippen molar-refractivity contribution < 1.29 is 4.74 Å². The first-order chi connectivity index (χ1) is 15.2. The third kappa shape index (κ3) is 4.53. The van der Waals surface area contributed by atoms with Crippen LogP contribution in [0.15, 0.2) is 60.9 Å². The molecule has 4 aromatic rings. The van der Waals surface area contributed by atoms with Gasteiger partial charge in [-0.25, -0.2) is 9.97 Å². The third-order valence-corrected chi connectivity index (χ3v) is 5.32. The second-order valence-electron chi connectivity index (χ2n) is 7.09. The Morgan fingerprint density at radius 2 is 1.71 bits per heavy atom. The second-order valence-corrected chi connectivity index (χ2v) is 7.53. The number of nitrogens with one attached hydrogen (secondary N) is 1. The number of imidazole rings is 1. The molecular weight excluding hydrogens is 410 g/mol. The van der Waals surface area contributed by atoms with Crippen LogP contribution >= 0.6 is 11.6 Å². The molecule has 6 nitrogen and oxygen atoms in total. The van der Waals surface area contributed by atoms with Crippen LogP contribution in [0.5, 0.6) is 5.88 Å². The molecule has 0 atom stereocenters. The molecule has 0 saturated carbocycles. The summed E-state index contributed by atoms with van der Waals surface area (Å²) in [6.07, 6.45) is 6.36. The Bertz CT molecular complexity index is 1200. The van der Waals surface area contributed by atoms with Crippen molar-refractivity contribution in [2.45, 2.75) is 12.8 Å². The number of aromatic nitrogens is 3. The lowest BCUT2D eigenvalue weighted by Gasteiger charge is -2.14. The normalized spacial score (nSPS) is 12.8. The Labute approximate surface area is 186 Å². The second kappa shape index (κ2) is 9.61. The largest absolute Gasteiger partial charge is 0.478 e. The lowest BCUT2D eigenvalue weighted by Crippen LogP contribution is -2.03. The first kappa shape index (κ1) is 20.9. The van der Waals surface area contributed by atoms with Crippen molar-refractivity contribution in [3.05, 3.63) is 71.5 Å². The van der Waals surface area contributed by atoms with Crippen molar-refractivity contribution in [3.8, 4) is 34.5 Å². The number of benzene rings is 2. The van der Waals surface area contributed by atoms with Gasteiger partial charge in [-0.2, -0.15) is 5.26 Å². The summed E-state index contributed by atoms with van der Waals surface area (Å²) in [4.78, 5) is 9.06. The van der Waals surface area contributed by atoms with Crippen molar-refractivity contribution in [2.24, 2.45) is 0 Å². The van der Waals surface area contributed by atoms with E-state index < -0.39 is 0 Å². The molecule has 2 aromatic carbocycles. The topological polar surface area (TPSA) is 75.2 Å². The van der Waals surface area contributed by atoms with Crippen LogP contribution in [-0.4, -0.2) is 34.6 Å². The number of fused-ring (bicyclic) bond motifs is 1. The minimum atomic E-state index is 0.437. The highest BCUT2D eigenvalue weighted by molar-refractivity contribution is 6.30. The number of methoxy groups -OCH3 is 1. The minimum Gasteiger partial charge on any atom is -0.478 e. The quantitative estimate of drug-likeness (QED) is 0.495. The molecule has 0 aliphatic carbocycles. The molecule has 1 aliphatic heterocycles. The number of halogens is 1. The maximum atomic E-state index is 9.04. The van der Waals surface area contributed by atoms with Crippen molar-refractivity contribution in [1.29, 1.82) is 5.26 Å². The van der Waals surface area contributed by atoms with E-state index in [-0.39, 0.29) is 0 Å². The molecule has 1 fully saturated rings. The molecule has 2 aromatic heterocycles. The van der Waals surface area contributed by atoms with Crippen LogP contribution in [0, 0.1) is 11.3 Å². The minimum absolute atomic E-state index is 0.437. The molecule has 31 heavy (non-hydrogen) atoms. The number of rotatable bonds is 3. The SMILES string of the molecule is C1CCNC1.COc1nc(-c2ccc(C#N)cc2)c(-c2ccc(Cl)cc2)n2ccnc12.